The lowest BCUT2D eigenvalue weighted by Gasteiger charge is -2.32. The maximum Gasteiger partial charge on any atom is 0.171 e. The number of allylic oxidation sites excluding steroid dienone is 1. The molecule has 1 atom stereocenters. The fraction of sp³-hybridized carbons (Fsp3) is 0.346. The number of ether oxygens (including phenoxy) is 4. The van der Waals surface area contributed by atoms with Gasteiger partial charge in [0.25, 0.3) is 0 Å². The van der Waals surface area contributed by atoms with Gasteiger partial charge in [0.2, 0.25) is 0 Å². The Hall–Kier alpha value is -3.19. The summed E-state index contributed by atoms with van der Waals surface area (Å²) in [4.78, 5) is 0. The minimum absolute atomic E-state index is 0.0274. The number of nitrogens with one attached hydrogen (secondary N) is 2. The van der Waals surface area contributed by atoms with Crippen LogP contribution in [0.2, 0.25) is 0 Å². The van der Waals surface area contributed by atoms with Crippen LogP contribution >= 0.6 is 12.2 Å². The molecule has 6 nitrogen and oxygen atoms in total. The van der Waals surface area contributed by atoms with Crippen molar-refractivity contribution in [3.8, 4) is 23.0 Å². The maximum absolute atomic E-state index is 5.62. The van der Waals surface area contributed by atoms with E-state index in [-0.39, 0.29) is 6.04 Å². The van der Waals surface area contributed by atoms with Gasteiger partial charge < -0.3 is 29.6 Å². The molecule has 1 heterocycles. The van der Waals surface area contributed by atoms with Gasteiger partial charge in [-0.05, 0) is 90.5 Å². The van der Waals surface area contributed by atoms with E-state index in [9.17, 15) is 0 Å². The van der Waals surface area contributed by atoms with E-state index in [1.807, 2.05) is 30.3 Å². The lowest BCUT2D eigenvalue weighted by Crippen LogP contribution is -2.44. The third kappa shape index (κ3) is 4.78. The van der Waals surface area contributed by atoms with Crippen LogP contribution in [-0.4, -0.2) is 33.6 Å². The number of rotatable bonds is 6. The van der Waals surface area contributed by atoms with Crippen LogP contribution in [0.3, 0.4) is 0 Å². The fourth-order valence-electron chi connectivity index (χ4n) is 4.51. The molecule has 2 N–H and O–H groups in total. The van der Waals surface area contributed by atoms with Crippen molar-refractivity contribution < 1.29 is 18.9 Å². The first-order valence-corrected chi connectivity index (χ1v) is 11.4. The highest BCUT2D eigenvalue weighted by atomic mass is 32.1. The Morgan fingerprint density at radius 2 is 1.45 bits per heavy atom. The number of methoxy groups -OCH3 is 4. The first-order chi connectivity index (χ1) is 16.1. The second kappa shape index (κ2) is 10.2. The predicted octanol–water partition coefficient (Wildman–Crippen LogP) is 5.15. The molecule has 0 fully saturated rings. The van der Waals surface area contributed by atoms with Gasteiger partial charge >= 0.3 is 0 Å². The van der Waals surface area contributed by atoms with Crippen molar-refractivity contribution in [2.24, 2.45) is 0 Å². The molecule has 2 aromatic carbocycles. The Kier molecular flexibility index (Phi) is 7.08. The second-order valence-corrected chi connectivity index (χ2v) is 8.45. The van der Waals surface area contributed by atoms with E-state index in [1.54, 1.807) is 28.4 Å². The number of hydrogen-bond acceptors (Lipinski definition) is 5. The normalized spacial score (nSPS) is 19.2. The second-order valence-electron chi connectivity index (χ2n) is 8.04. The average molecular weight is 467 g/mol. The summed E-state index contributed by atoms with van der Waals surface area (Å²) < 4.78 is 21.8. The molecule has 0 saturated carbocycles. The summed E-state index contributed by atoms with van der Waals surface area (Å²) in [5.74, 6) is 2.85. The van der Waals surface area contributed by atoms with Crippen LogP contribution in [0.5, 0.6) is 23.0 Å². The molecular formula is C26H30N2O4S. The van der Waals surface area contributed by atoms with Crippen LogP contribution < -0.4 is 29.6 Å². The van der Waals surface area contributed by atoms with Crippen LogP contribution in [-0.2, 0) is 0 Å². The molecule has 33 heavy (non-hydrogen) atoms. The van der Waals surface area contributed by atoms with Crippen LogP contribution in [0, 0.1) is 0 Å². The van der Waals surface area contributed by atoms with Gasteiger partial charge in [0.1, 0.15) is 0 Å². The van der Waals surface area contributed by atoms with E-state index in [1.165, 1.54) is 11.1 Å². The summed E-state index contributed by atoms with van der Waals surface area (Å²) in [5, 5.41) is 7.54. The molecule has 0 bridgehead atoms. The predicted molar refractivity (Wildman–Crippen MR) is 134 cm³/mol. The first-order valence-electron chi connectivity index (χ1n) is 11.0. The smallest absolute Gasteiger partial charge is 0.171 e. The Balaban J connectivity index is 1.78. The fourth-order valence-corrected chi connectivity index (χ4v) is 4.73. The quantitative estimate of drug-likeness (QED) is 0.571. The standard InChI is InChI=1S/C26H30N2O4S/c1-29-20-11-9-16(14-22(20)31-3)13-17-7-5-6-8-19-24(17)27-26(33)28-25(19)18-10-12-21(30-2)23(15-18)32-4/h9-15,25H,5-8H2,1-4H3,(H2,27,28,33)/b17-13+. The topological polar surface area (TPSA) is 61.0 Å². The lowest BCUT2D eigenvalue weighted by molar-refractivity contribution is 0.354. The van der Waals surface area contributed by atoms with E-state index in [4.69, 9.17) is 31.2 Å². The van der Waals surface area contributed by atoms with Crippen molar-refractivity contribution in [1.29, 1.82) is 0 Å². The Bertz CT molecular complexity index is 1110. The van der Waals surface area contributed by atoms with Crippen LogP contribution in [0.1, 0.15) is 42.9 Å². The number of thiocarbonyl (C=S) groups is 1. The van der Waals surface area contributed by atoms with Gasteiger partial charge in [-0.3, -0.25) is 0 Å². The third-order valence-electron chi connectivity index (χ3n) is 6.14. The molecule has 1 unspecified atom stereocenters. The Labute approximate surface area is 200 Å². The van der Waals surface area contributed by atoms with E-state index in [0.29, 0.717) is 22.4 Å². The van der Waals surface area contributed by atoms with E-state index in [0.717, 1.165) is 48.3 Å². The van der Waals surface area contributed by atoms with Gasteiger partial charge in [-0.2, -0.15) is 0 Å². The van der Waals surface area contributed by atoms with Crippen LogP contribution in [0.4, 0.5) is 0 Å². The molecule has 1 aliphatic carbocycles. The average Bonchev–Trinajstić information content (AvgIpc) is 3.05. The van der Waals surface area contributed by atoms with E-state index >= 15 is 0 Å². The van der Waals surface area contributed by atoms with E-state index < -0.39 is 0 Å². The summed E-state index contributed by atoms with van der Waals surface area (Å²) in [6.45, 7) is 0. The molecule has 0 spiro atoms. The van der Waals surface area contributed by atoms with Crippen LogP contribution in [0.25, 0.3) is 6.08 Å². The highest BCUT2D eigenvalue weighted by molar-refractivity contribution is 7.80. The monoisotopic (exact) mass is 466 g/mol. The van der Waals surface area contributed by atoms with Crippen molar-refractivity contribution in [3.63, 3.8) is 0 Å². The summed E-state index contributed by atoms with van der Waals surface area (Å²) in [6.07, 6.45) is 6.40. The third-order valence-corrected chi connectivity index (χ3v) is 6.36. The lowest BCUT2D eigenvalue weighted by atomic mass is 9.90. The first kappa shape index (κ1) is 23.0. The molecule has 0 saturated heterocycles. The molecule has 1 aliphatic heterocycles. The Morgan fingerprint density at radius 3 is 2.15 bits per heavy atom. The zero-order valence-electron chi connectivity index (χ0n) is 19.5. The summed E-state index contributed by atoms with van der Waals surface area (Å²) in [7, 11) is 6.60. The highest BCUT2D eigenvalue weighted by Crippen LogP contribution is 2.40. The zero-order valence-corrected chi connectivity index (χ0v) is 20.3. The SMILES string of the molecule is COc1ccc(/C=C2\CCCCC3=C2NC(=S)NC3c2ccc(OC)c(OC)c2)cc1OC. The summed E-state index contributed by atoms with van der Waals surface area (Å²) in [6, 6.07) is 12.0. The van der Waals surface area contributed by atoms with Crippen molar-refractivity contribution in [3.05, 3.63) is 64.4 Å². The molecule has 4 rings (SSSR count). The Morgan fingerprint density at radius 1 is 0.818 bits per heavy atom. The summed E-state index contributed by atoms with van der Waals surface area (Å²) >= 11 is 5.62. The molecule has 0 aromatic heterocycles. The number of hydrogen-bond donors (Lipinski definition) is 2. The summed E-state index contributed by atoms with van der Waals surface area (Å²) in [5.41, 5.74) is 5.82. The van der Waals surface area contributed by atoms with Gasteiger partial charge in [-0.25, -0.2) is 0 Å². The van der Waals surface area contributed by atoms with Crippen molar-refractivity contribution in [2.45, 2.75) is 31.7 Å². The molecule has 0 radical (unpaired) electrons. The van der Waals surface area contributed by atoms with Gasteiger partial charge in [0, 0.05) is 5.70 Å². The minimum atomic E-state index is -0.0274. The maximum atomic E-state index is 5.62. The molecule has 2 aromatic rings. The molecular weight excluding hydrogens is 436 g/mol. The molecule has 2 aliphatic rings. The van der Waals surface area contributed by atoms with Crippen LogP contribution in [0.15, 0.2) is 53.2 Å². The van der Waals surface area contributed by atoms with Gasteiger partial charge in [-0.1, -0.05) is 12.1 Å². The van der Waals surface area contributed by atoms with Crippen molar-refractivity contribution >= 4 is 23.4 Å². The van der Waals surface area contributed by atoms with Gasteiger partial charge in [-0.15, -0.1) is 0 Å². The molecule has 7 heteroatoms. The minimum Gasteiger partial charge on any atom is -0.493 e. The largest absolute Gasteiger partial charge is 0.493 e. The van der Waals surface area contributed by atoms with Crippen molar-refractivity contribution in [1.82, 2.24) is 10.6 Å². The molecule has 174 valence electrons. The van der Waals surface area contributed by atoms with Crippen molar-refractivity contribution in [2.75, 3.05) is 28.4 Å². The van der Waals surface area contributed by atoms with Gasteiger partial charge in [0.05, 0.1) is 34.5 Å². The van der Waals surface area contributed by atoms with Gasteiger partial charge in [0.15, 0.2) is 28.1 Å². The number of benzene rings is 2. The van der Waals surface area contributed by atoms with E-state index in [2.05, 4.69) is 22.8 Å². The highest BCUT2D eigenvalue weighted by Gasteiger charge is 2.30. The molecule has 0 amide bonds. The zero-order chi connectivity index (χ0) is 23.4.